The molecule has 1 unspecified atom stereocenters. The number of rotatable bonds is 6. The first-order valence-corrected chi connectivity index (χ1v) is 7.17. The molecule has 1 aliphatic rings. The zero-order valence-electron chi connectivity index (χ0n) is 10.2. The van der Waals surface area contributed by atoms with Gasteiger partial charge < -0.3 is 5.32 Å². The SMILES string of the molecule is CCNC(CCc1cc(Br)ccc1F)C1CC1. The van der Waals surface area contributed by atoms with Crippen LogP contribution in [0.2, 0.25) is 0 Å². The smallest absolute Gasteiger partial charge is 0.126 e. The second-order valence-electron chi connectivity index (χ2n) is 4.78. The van der Waals surface area contributed by atoms with Gasteiger partial charge in [0.25, 0.3) is 0 Å². The van der Waals surface area contributed by atoms with E-state index in [-0.39, 0.29) is 5.82 Å². The Hall–Kier alpha value is -0.410. The molecule has 1 nitrogen and oxygen atoms in total. The second kappa shape index (κ2) is 5.96. The maximum absolute atomic E-state index is 13.6. The van der Waals surface area contributed by atoms with Gasteiger partial charge in [0, 0.05) is 10.5 Å². The highest BCUT2D eigenvalue weighted by Gasteiger charge is 2.30. The molecule has 1 aromatic rings. The Kier molecular flexibility index (Phi) is 4.57. The summed E-state index contributed by atoms with van der Waals surface area (Å²) in [6, 6.07) is 5.75. The monoisotopic (exact) mass is 299 g/mol. The minimum Gasteiger partial charge on any atom is -0.314 e. The number of hydrogen-bond acceptors (Lipinski definition) is 1. The van der Waals surface area contributed by atoms with E-state index in [0.29, 0.717) is 6.04 Å². The van der Waals surface area contributed by atoms with Crippen LogP contribution in [0, 0.1) is 11.7 Å². The molecule has 0 spiro atoms. The van der Waals surface area contributed by atoms with Crippen molar-refractivity contribution in [3.8, 4) is 0 Å². The highest BCUT2D eigenvalue weighted by Crippen LogP contribution is 2.34. The van der Waals surface area contributed by atoms with E-state index in [1.54, 1.807) is 12.1 Å². The summed E-state index contributed by atoms with van der Waals surface area (Å²) in [5.74, 6) is 0.740. The van der Waals surface area contributed by atoms with Crippen molar-refractivity contribution in [2.75, 3.05) is 6.54 Å². The lowest BCUT2D eigenvalue weighted by molar-refractivity contribution is 0.442. The Bertz CT molecular complexity index is 376. The first-order chi connectivity index (χ1) is 8.20. The summed E-state index contributed by atoms with van der Waals surface area (Å²) in [4.78, 5) is 0. The fourth-order valence-corrected chi connectivity index (χ4v) is 2.72. The highest BCUT2D eigenvalue weighted by atomic mass is 79.9. The number of aryl methyl sites for hydroxylation is 1. The lowest BCUT2D eigenvalue weighted by Crippen LogP contribution is -2.31. The van der Waals surface area contributed by atoms with Crippen LogP contribution in [0.5, 0.6) is 0 Å². The average Bonchev–Trinajstić information content (AvgIpc) is 3.12. The molecule has 17 heavy (non-hydrogen) atoms. The van der Waals surface area contributed by atoms with E-state index >= 15 is 0 Å². The molecule has 0 aliphatic heterocycles. The van der Waals surface area contributed by atoms with Crippen molar-refractivity contribution in [2.45, 2.75) is 38.6 Å². The maximum atomic E-state index is 13.6. The summed E-state index contributed by atoms with van der Waals surface area (Å²) in [7, 11) is 0. The summed E-state index contributed by atoms with van der Waals surface area (Å²) < 4.78 is 14.5. The van der Waals surface area contributed by atoms with Crippen molar-refractivity contribution in [2.24, 2.45) is 5.92 Å². The predicted octanol–water partition coefficient (Wildman–Crippen LogP) is 3.91. The van der Waals surface area contributed by atoms with E-state index in [1.165, 1.54) is 12.8 Å². The molecule has 0 heterocycles. The average molecular weight is 300 g/mol. The first kappa shape index (κ1) is 13.0. The minimum absolute atomic E-state index is 0.0840. The normalized spacial score (nSPS) is 17.1. The molecule has 1 atom stereocenters. The Morgan fingerprint density at radius 1 is 1.47 bits per heavy atom. The molecule has 1 aromatic carbocycles. The van der Waals surface area contributed by atoms with Gasteiger partial charge in [-0.25, -0.2) is 4.39 Å². The van der Waals surface area contributed by atoms with E-state index in [0.717, 1.165) is 35.3 Å². The topological polar surface area (TPSA) is 12.0 Å². The highest BCUT2D eigenvalue weighted by molar-refractivity contribution is 9.10. The van der Waals surface area contributed by atoms with Crippen molar-refractivity contribution >= 4 is 15.9 Å². The zero-order chi connectivity index (χ0) is 12.3. The minimum atomic E-state index is -0.0840. The van der Waals surface area contributed by atoms with Crippen LogP contribution in [0.25, 0.3) is 0 Å². The molecule has 0 saturated heterocycles. The van der Waals surface area contributed by atoms with Gasteiger partial charge in [0.15, 0.2) is 0 Å². The Balaban J connectivity index is 1.93. The van der Waals surface area contributed by atoms with Gasteiger partial charge >= 0.3 is 0 Å². The van der Waals surface area contributed by atoms with Crippen molar-refractivity contribution < 1.29 is 4.39 Å². The molecule has 0 radical (unpaired) electrons. The molecule has 1 aliphatic carbocycles. The van der Waals surface area contributed by atoms with Crippen LogP contribution in [0.4, 0.5) is 4.39 Å². The van der Waals surface area contributed by atoms with Crippen LogP contribution >= 0.6 is 15.9 Å². The Morgan fingerprint density at radius 2 is 2.24 bits per heavy atom. The first-order valence-electron chi connectivity index (χ1n) is 6.38. The van der Waals surface area contributed by atoms with Crippen LogP contribution in [-0.2, 0) is 6.42 Å². The fourth-order valence-electron chi connectivity index (χ4n) is 2.31. The Labute approximate surface area is 111 Å². The van der Waals surface area contributed by atoms with Crippen LogP contribution in [0.3, 0.4) is 0 Å². The molecule has 94 valence electrons. The fraction of sp³-hybridized carbons (Fsp3) is 0.571. The molecule has 0 aromatic heterocycles. The van der Waals surface area contributed by atoms with Crippen LogP contribution in [-0.4, -0.2) is 12.6 Å². The van der Waals surface area contributed by atoms with Gasteiger partial charge in [-0.15, -0.1) is 0 Å². The maximum Gasteiger partial charge on any atom is 0.126 e. The van der Waals surface area contributed by atoms with Crippen LogP contribution in [0.1, 0.15) is 31.7 Å². The van der Waals surface area contributed by atoms with E-state index < -0.39 is 0 Å². The second-order valence-corrected chi connectivity index (χ2v) is 5.69. The van der Waals surface area contributed by atoms with Crippen LogP contribution < -0.4 is 5.32 Å². The van der Waals surface area contributed by atoms with Gasteiger partial charge in [0.05, 0.1) is 0 Å². The molecule has 2 rings (SSSR count). The number of nitrogens with one attached hydrogen (secondary N) is 1. The van der Waals surface area contributed by atoms with Crippen molar-refractivity contribution in [3.05, 3.63) is 34.1 Å². The van der Waals surface area contributed by atoms with Gasteiger partial charge in [-0.05, 0) is 61.9 Å². The van der Waals surface area contributed by atoms with Gasteiger partial charge in [-0.2, -0.15) is 0 Å². The van der Waals surface area contributed by atoms with E-state index in [2.05, 4.69) is 28.2 Å². The summed E-state index contributed by atoms with van der Waals surface area (Å²) in [5.41, 5.74) is 0.822. The van der Waals surface area contributed by atoms with Crippen molar-refractivity contribution in [3.63, 3.8) is 0 Å². The number of halogens is 2. The van der Waals surface area contributed by atoms with Gasteiger partial charge in [-0.1, -0.05) is 22.9 Å². The van der Waals surface area contributed by atoms with Crippen molar-refractivity contribution in [1.82, 2.24) is 5.32 Å². The van der Waals surface area contributed by atoms with E-state index in [4.69, 9.17) is 0 Å². The molecule has 0 bridgehead atoms. The molecule has 0 amide bonds. The molecule has 1 fully saturated rings. The molecular weight excluding hydrogens is 281 g/mol. The number of hydrogen-bond donors (Lipinski definition) is 1. The van der Waals surface area contributed by atoms with E-state index in [1.807, 2.05) is 6.07 Å². The summed E-state index contributed by atoms with van der Waals surface area (Å²) in [6.07, 6.45) is 4.52. The summed E-state index contributed by atoms with van der Waals surface area (Å²) in [5, 5.41) is 3.51. The molecule has 3 heteroatoms. The summed E-state index contributed by atoms with van der Waals surface area (Å²) in [6.45, 7) is 3.14. The standard InChI is InChI=1S/C14H19BrFN/c1-2-17-14(10-3-4-10)8-5-11-9-12(15)6-7-13(11)16/h6-7,9-10,14,17H,2-5,8H2,1H3. The van der Waals surface area contributed by atoms with Gasteiger partial charge in [0.2, 0.25) is 0 Å². The largest absolute Gasteiger partial charge is 0.314 e. The quantitative estimate of drug-likeness (QED) is 0.840. The van der Waals surface area contributed by atoms with E-state index in [9.17, 15) is 4.39 Å². The third kappa shape index (κ3) is 3.78. The van der Waals surface area contributed by atoms with Gasteiger partial charge in [-0.3, -0.25) is 0 Å². The molecule has 1 N–H and O–H groups in total. The third-order valence-corrected chi connectivity index (χ3v) is 3.88. The van der Waals surface area contributed by atoms with Crippen LogP contribution in [0.15, 0.2) is 22.7 Å². The lowest BCUT2D eigenvalue weighted by atomic mass is 10.0. The molecular formula is C14H19BrFN. The van der Waals surface area contributed by atoms with Crippen molar-refractivity contribution in [1.29, 1.82) is 0 Å². The predicted molar refractivity (Wildman–Crippen MR) is 72.6 cm³/mol. The summed E-state index contributed by atoms with van der Waals surface area (Å²) >= 11 is 3.39. The molecule has 1 saturated carbocycles. The number of benzene rings is 1. The third-order valence-electron chi connectivity index (χ3n) is 3.39. The Morgan fingerprint density at radius 3 is 2.88 bits per heavy atom. The lowest BCUT2D eigenvalue weighted by Gasteiger charge is -2.17. The zero-order valence-corrected chi connectivity index (χ0v) is 11.8. The van der Waals surface area contributed by atoms with Gasteiger partial charge in [0.1, 0.15) is 5.82 Å².